The topological polar surface area (TPSA) is 125 Å². The molecule has 10 heteroatoms. The molecule has 1 fully saturated rings. The van der Waals surface area contributed by atoms with Gasteiger partial charge in [-0.3, -0.25) is 19.9 Å². The van der Waals surface area contributed by atoms with E-state index in [0.29, 0.717) is 34.1 Å². The van der Waals surface area contributed by atoms with Crippen molar-refractivity contribution in [2.24, 2.45) is 5.92 Å². The molecule has 198 valence electrons. The van der Waals surface area contributed by atoms with E-state index in [-0.39, 0.29) is 17.6 Å². The summed E-state index contributed by atoms with van der Waals surface area (Å²) in [4.78, 5) is 34.1. The number of imidazole rings is 1. The molecule has 1 aliphatic carbocycles. The summed E-state index contributed by atoms with van der Waals surface area (Å²) >= 11 is 0. The number of H-pyrrole nitrogens is 2. The molecule has 1 aliphatic rings. The molecule has 1 saturated carbocycles. The Balaban J connectivity index is 1.23. The summed E-state index contributed by atoms with van der Waals surface area (Å²) in [6, 6.07) is 12.1. The Labute approximate surface area is 228 Å². The number of rotatable bonds is 5. The van der Waals surface area contributed by atoms with Crippen LogP contribution in [0.1, 0.15) is 32.1 Å². The molecule has 9 nitrogen and oxygen atoms in total. The fraction of sp³-hybridized carbons (Fsp3) is 0.200. The third-order valence-corrected chi connectivity index (χ3v) is 7.48. The highest BCUT2D eigenvalue weighted by Crippen LogP contribution is 2.32. The van der Waals surface area contributed by atoms with Crippen molar-refractivity contribution in [3.63, 3.8) is 0 Å². The van der Waals surface area contributed by atoms with Gasteiger partial charge in [0.05, 0.1) is 34.8 Å². The molecular formula is C30H25FN8O. The Morgan fingerprint density at radius 1 is 0.975 bits per heavy atom. The highest BCUT2D eigenvalue weighted by molar-refractivity contribution is 5.97. The first-order chi connectivity index (χ1) is 19.6. The first-order valence-corrected chi connectivity index (χ1v) is 13.3. The summed E-state index contributed by atoms with van der Waals surface area (Å²) in [6.45, 7) is 0. The molecule has 40 heavy (non-hydrogen) atoms. The van der Waals surface area contributed by atoms with Crippen LogP contribution in [0.3, 0.4) is 0 Å². The lowest BCUT2D eigenvalue weighted by atomic mass is 9.88. The Morgan fingerprint density at radius 2 is 1.88 bits per heavy atom. The molecule has 0 saturated heterocycles. The number of hydrogen-bond donors (Lipinski definition) is 3. The molecule has 1 aromatic carbocycles. The standard InChI is InChI=1S/C30H25FN8O/c31-20-8-4-7-18(11-20)22-9-10-33-28-26(22)36-29(37-28)27-23-13-24(34-16-25(23)38-39-27)19-12-21(15-32-14-19)35-30(40)17-5-2-1-3-6-17/h4,7-17H,1-3,5-6H2,(H,35,40)(H,38,39)(H,33,36,37). The maximum absolute atomic E-state index is 13.9. The van der Waals surface area contributed by atoms with Crippen LogP contribution in [0, 0.1) is 11.7 Å². The zero-order valence-corrected chi connectivity index (χ0v) is 21.5. The highest BCUT2D eigenvalue weighted by atomic mass is 19.1. The summed E-state index contributed by atoms with van der Waals surface area (Å²) in [5.41, 5.74) is 6.18. The smallest absolute Gasteiger partial charge is 0.227 e. The largest absolute Gasteiger partial charge is 0.335 e. The summed E-state index contributed by atoms with van der Waals surface area (Å²) in [5.74, 6) is 0.324. The Morgan fingerprint density at radius 3 is 2.75 bits per heavy atom. The molecule has 0 radical (unpaired) electrons. The van der Waals surface area contributed by atoms with E-state index in [2.05, 4.69) is 40.4 Å². The van der Waals surface area contributed by atoms with Crippen molar-refractivity contribution < 1.29 is 9.18 Å². The van der Waals surface area contributed by atoms with Crippen LogP contribution in [0.4, 0.5) is 10.1 Å². The van der Waals surface area contributed by atoms with Gasteiger partial charge in [-0.2, -0.15) is 5.10 Å². The maximum atomic E-state index is 13.9. The van der Waals surface area contributed by atoms with E-state index in [1.807, 2.05) is 24.3 Å². The van der Waals surface area contributed by atoms with Gasteiger partial charge < -0.3 is 10.3 Å². The van der Waals surface area contributed by atoms with Crippen molar-refractivity contribution in [2.45, 2.75) is 32.1 Å². The van der Waals surface area contributed by atoms with Crippen molar-refractivity contribution in [1.82, 2.24) is 35.1 Å². The van der Waals surface area contributed by atoms with E-state index in [1.54, 1.807) is 30.9 Å². The fourth-order valence-electron chi connectivity index (χ4n) is 5.43. The van der Waals surface area contributed by atoms with Crippen molar-refractivity contribution >= 4 is 33.7 Å². The van der Waals surface area contributed by atoms with Crippen LogP contribution in [0.25, 0.3) is 56.0 Å². The molecule has 0 aliphatic heterocycles. The number of pyridine rings is 3. The second-order valence-corrected chi connectivity index (χ2v) is 10.1. The zero-order valence-electron chi connectivity index (χ0n) is 21.5. The first-order valence-electron chi connectivity index (χ1n) is 13.3. The molecule has 5 heterocycles. The van der Waals surface area contributed by atoms with E-state index in [9.17, 15) is 9.18 Å². The number of carbonyl (C=O) groups is 1. The minimum atomic E-state index is -0.312. The third-order valence-electron chi connectivity index (χ3n) is 7.48. The molecule has 0 atom stereocenters. The predicted octanol–water partition coefficient (Wildman–Crippen LogP) is 6.28. The molecule has 0 spiro atoms. The van der Waals surface area contributed by atoms with Gasteiger partial charge in [0.2, 0.25) is 5.91 Å². The van der Waals surface area contributed by atoms with E-state index < -0.39 is 0 Å². The van der Waals surface area contributed by atoms with E-state index in [1.165, 1.54) is 18.6 Å². The number of anilines is 1. The monoisotopic (exact) mass is 532 g/mol. The number of halogens is 1. The number of amides is 1. The Hall–Kier alpha value is -4.99. The number of benzene rings is 1. The van der Waals surface area contributed by atoms with Crippen molar-refractivity contribution in [3.05, 3.63) is 73.1 Å². The fourth-order valence-corrected chi connectivity index (χ4v) is 5.43. The first kappa shape index (κ1) is 24.1. The normalized spacial score (nSPS) is 14.1. The number of hydrogen-bond acceptors (Lipinski definition) is 6. The van der Waals surface area contributed by atoms with E-state index in [0.717, 1.165) is 53.3 Å². The molecule has 0 unspecified atom stereocenters. The number of aromatic amines is 2. The predicted molar refractivity (Wildman–Crippen MR) is 151 cm³/mol. The van der Waals surface area contributed by atoms with Gasteiger partial charge in [-0.1, -0.05) is 31.4 Å². The molecule has 5 aromatic heterocycles. The van der Waals surface area contributed by atoms with Crippen LogP contribution >= 0.6 is 0 Å². The molecular weight excluding hydrogens is 507 g/mol. The number of nitrogens with zero attached hydrogens (tertiary/aromatic N) is 5. The second kappa shape index (κ2) is 9.96. The van der Waals surface area contributed by atoms with Crippen molar-refractivity contribution in [3.8, 4) is 33.9 Å². The van der Waals surface area contributed by atoms with Gasteiger partial charge in [-0.25, -0.2) is 14.4 Å². The second-order valence-electron chi connectivity index (χ2n) is 10.1. The lowest BCUT2D eigenvalue weighted by molar-refractivity contribution is -0.120. The van der Waals surface area contributed by atoms with Crippen molar-refractivity contribution in [1.29, 1.82) is 0 Å². The minimum absolute atomic E-state index is 0.0512. The summed E-state index contributed by atoms with van der Waals surface area (Å²) < 4.78 is 13.9. The van der Waals surface area contributed by atoms with Crippen LogP contribution in [-0.4, -0.2) is 41.0 Å². The van der Waals surface area contributed by atoms with E-state index in [4.69, 9.17) is 0 Å². The Kier molecular flexibility index (Phi) is 5.99. The number of aromatic nitrogens is 7. The minimum Gasteiger partial charge on any atom is -0.335 e. The summed E-state index contributed by atoms with van der Waals surface area (Å²) in [7, 11) is 0. The quantitative estimate of drug-likeness (QED) is 0.240. The van der Waals surface area contributed by atoms with Crippen LogP contribution in [0.5, 0.6) is 0 Å². The molecule has 0 bridgehead atoms. The van der Waals surface area contributed by atoms with Gasteiger partial charge in [0.15, 0.2) is 11.5 Å². The lowest BCUT2D eigenvalue weighted by Crippen LogP contribution is -2.24. The van der Waals surface area contributed by atoms with E-state index >= 15 is 0 Å². The summed E-state index contributed by atoms with van der Waals surface area (Å²) in [6.07, 6.45) is 12.0. The third kappa shape index (κ3) is 4.47. The average molecular weight is 533 g/mol. The van der Waals surface area contributed by atoms with Crippen molar-refractivity contribution in [2.75, 3.05) is 5.32 Å². The lowest BCUT2D eigenvalue weighted by Gasteiger charge is -2.20. The van der Waals surface area contributed by atoms with Gasteiger partial charge >= 0.3 is 0 Å². The molecule has 7 rings (SSSR count). The summed E-state index contributed by atoms with van der Waals surface area (Å²) in [5, 5.41) is 11.4. The van der Waals surface area contributed by atoms with Crippen LogP contribution < -0.4 is 5.32 Å². The van der Waals surface area contributed by atoms with Gasteiger partial charge in [0, 0.05) is 34.8 Å². The average Bonchev–Trinajstić information content (AvgIpc) is 3.61. The number of fused-ring (bicyclic) bond motifs is 2. The van der Waals surface area contributed by atoms with Crippen LogP contribution in [-0.2, 0) is 4.79 Å². The maximum Gasteiger partial charge on any atom is 0.227 e. The van der Waals surface area contributed by atoms with Crippen LogP contribution in [0.15, 0.2) is 67.3 Å². The molecule has 6 aromatic rings. The molecule has 1 amide bonds. The Bertz CT molecular complexity index is 1870. The van der Waals surface area contributed by atoms with Gasteiger partial charge in [0.1, 0.15) is 11.5 Å². The SMILES string of the molecule is O=C(Nc1cncc(-c2cc3c(-c4nc5nccc(-c6cccc(F)c6)c5[nH]4)n[nH]c3cn2)c1)C1CCCCC1. The van der Waals surface area contributed by atoms with Gasteiger partial charge in [-0.15, -0.1) is 0 Å². The molecule has 3 N–H and O–H groups in total. The van der Waals surface area contributed by atoms with Crippen LogP contribution in [0.2, 0.25) is 0 Å². The zero-order chi connectivity index (χ0) is 27.1. The highest BCUT2D eigenvalue weighted by Gasteiger charge is 2.21. The van der Waals surface area contributed by atoms with Gasteiger partial charge in [-0.05, 0) is 48.7 Å². The number of nitrogens with one attached hydrogen (secondary N) is 3. The van der Waals surface area contributed by atoms with Gasteiger partial charge in [0.25, 0.3) is 0 Å². The number of carbonyl (C=O) groups excluding carboxylic acids is 1.